The van der Waals surface area contributed by atoms with Crippen molar-refractivity contribution in [3.63, 3.8) is 0 Å². The van der Waals surface area contributed by atoms with Gasteiger partial charge in [0.2, 0.25) is 5.91 Å². The second-order valence-corrected chi connectivity index (χ2v) is 6.67. The molecule has 3 rings (SSSR count). The average molecular weight is 316 g/mol. The number of hydrogen-bond donors (Lipinski definition) is 1. The molecule has 2 heterocycles. The lowest BCUT2D eigenvalue weighted by Crippen LogP contribution is -2.53. The Morgan fingerprint density at radius 2 is 1.78 bits per heavy atom. The van der Waals surface area contributed by atoms with Gasteiger partial charge in [-0.1, -0.05) is 29.8 Å². The summed E-state index contributed by atoms with van der Waals surface area (Å²) in [5, 5.41) is 3.33. The van der Waals surface area contributed by atoms with Crippen LogP contribution in [0.5, 0.6) is 0 Å². The maximum Gasteiger partial charge on any atom is 0.236 e. The van der Waals surface area contributed by atoms with Gasteiger partial charge in [-0.25, -0.2) is 0 Å². The van der Waals surface area contributed by atoms with Crippen molar-refractivity contribution in [2.24, 2.45) is 0 Å². The molecule has 0 atom stereocenters. The van der Waals surface area contributed by atoms with Crippen LogP contribution in [0, 0.1) is 6.92 Å². The zero-order chi connectivity index (χ0) is 16.1. The Bertz CT molecular complexity index is 520. The van der Waals surface area contributed by atoms with Crippen molar-refractivity contribution < 1.29 is 4.79 Å². The SMILES string of the molecule is Cc1cccc(CN2CCN(C(=O)CN3CCNCC3)CC2)c1. The molecular weight excluding hydrogens is 288 g/mol. The van der Waals surface area contributed by atoms with Gasteiger partial charge in [0.05, 0.1) is 6.54 Å². The third kappa shape index (κ3) is 4.77. The monoisotopic (exact) mass is 316 g/mol. The van der Waals surface area contributed by atoms with Crippen molar-refractivity contribution in [3.05, 3.63) is 35.4 Å². The highest BCUT2D eigenvalue weighted by atomic mass is 16.2. The quantitative estimate of drug-likeness (QED) is 0.880. The highest BCUT2D eigenvalue weighted by Crippen LogP contribution is 2.10. The first-order chi connectivity index (χ1) is 11.2. The third-order valence-electron chi connectivity index (χ3n) is 4.78. The second-order valence-electron chi connectivity index (χ2n) is 6.67. The molecule has 126 valence electrons. The standard InChI is InChI=1S/C18H28N4O/c1-16-3-2-4-17(13-16)14-21-9-11-22(12-10-21)18(23)15-20-7-5-19-6-8-20/h2-4,13,19H,5-12,14-15H2,1H3. The summed E-state index contributed by atoms with van der Waals surface area (Å²) in [4.78, 5) is 19.2. The molecule has 0 saturated carbocycles. The topological polar surface area (TPSA) is 38.8 Å². The minimum Gasteiger partial charge on any atom is -0.339 e. The van der Waals surface area contributed by atoms with Gasteiger partial charge in [-0.3, -0.25) is 14.6 Å². The van der Waals surface area contributed by atoms with Crippen LogP contribution in [-0.2, 0) is 11.3 Å². The van der Waals surface area contributed by atoms with Gasteiger partial charge in [-0.2, -0.15) is 0 Å². The van der Waals surface area contributed by atoms with E-state index in [-0.39, 0.29) is 0 Å². The molecule has 2 fully saturated rings. The van der Waals surface area contributed by atoms with Gasteiger partial charge in [0, 0.05) is 58.9 Å². The molecule has 1 aromatic rings. The number of piperazine rings is 2. The highest BCUT2D eigenvalue weighted by molar-refractivity contribution is 5.78. The minimum absolute atomic E-state index is 0.294. The molecule has 0 radical (unpaired) electrons. The van der Waals surface area contributed by atoms with E-state index in [1.165, 1.54) is 11.1 Å². The summed E-state index contributed by atoms with van der Waals surface area (Å²) < 4.78 is 0. The summed E-state index contributed by atoms with van der Waals surface area (Å²) in [6.45, 7) is 11.3. The van der Waals surface area contributed by atoms with Crippen LogP contribution in [0.2, 0.25) is 0 Å². The van der Waals surface area contributed by atoms with Crippen LogP contribution in [0.3, 0.4) is 0 Å². The molecule has 1 amide bonds. The molecule has 1 aromatic carbocycles. The van der Waals surface area contributed by atoms with Crippen molar-refractivity contribution in [3.8, 4) is 0 Å². The minimum atomic E-state index is 0.294. The molecular formula is C18H28N4O. The zero-order valence-corrected chi connectivity index (χ0v) is 14.1. The summed E-state index contributed by atoms with van der Waals surface area (Å²) >= 11 is 0. The summed E-state index contributed by atoms with van der Waals surface area (Å²) in [5.41, 5.74) is 2.68. The molecule has 0 unspecified atom stereocenters. The number of rotatable bonds is 4. The predicted molar refractivity (Wildman–Crippen MR) is 92.3 cm³/mol. The van der Waals surface area contributed by atoms with E-state index in [9.17, 15) is 4.79 Å². The average Bonchev–Trinajstić information content (AvgIpc) is 2.56. The summed E-state index contributed by atoms with van der Waals surface area (Å²) in [6.07, 6.45) is 0. The molecule has 0 spiro atoms. The molecule has 5 nitrogen and oxygen atoms in total. The molecule has 2 saturated heterocycles. The van der Waals surface area contributed by atoms with Gasteiger partial charge >= 0.3 is 0 Å². The van der Waals surface area contributed by atoms with Gasteiger partial charge in [0.1, 0.15) is 0 Å². The van der Waals surface area contributed by atoms with Crippen LogP contribution < -0.4 is 5.32 Å². The van der Waals surface area contributed by atoms with Crippen molar-refractivity contribution in [2.45, 2.75) is 13.5 Å². The maximum atomic E-state index is 12.4. The first-order valence-corrected chi connectivity index (χ1v) is 8.69. The number of carbonyl (C=O) groups excluding carboxylic acids is 1. The first-order valence-electron chi connectivity index (χ1n) is 8.69. The number of aryl methyl sites for hydroxylation is 1. The molecule has 0 aliphatic carbocycles. The van der Waals surface area contributed by atoms with Crippen LogP contribution in [0.15, 0.2) is 24.3 Å². The highest BCUT2D eigenvalue weighted by Gasteiger charge is 2.23. The zero-order valence-electron chi connectivity index (χ0n) is 14.1. The van der Waals surface area contributed by atoms with E-state index in [2.05, 4.69) is 46.3 Å². The smallest absolute Gasteiger partial charge is 0.236 e. The number of nitrogens with one attached hydrogen (secondary N) is 1. The number of amides is 1. The van der Waals surface area contributed by atoms with Crippen LogP contribution in [0.1, 0.15) is 11.1 Å². The predicted octanol–water partition coefficient (Wildman–Crippen LogP) is 0.544. The van der Waals surface area contributed by atoms with Gasteiger partial charge in [-0.05, 0) is 12.5 Å². The Hall–Kier alpha value is -1.43. The summed E-state index contributed by atoms with van der Waals surface area (Å²) in [6, 6.07) is 8.70. The van der Waals surface area contributed by atoms with E-state index in [1.807, 2.05) is 4.90 Å². The number of benzene rings is 1. The van der Waals surface area contributed by atoms with E-state index >= 15 is 0 Å². The molecule has 23 heavy (non-hydrogen) atoms. The van der Waals surface area contributed by atoms with Crippen LogP contribution >= 0.6 is 0 Å². The fourth-order valence-corrected chi connectivity index (χ4v) is 3.38. The lowest BCUT2D eigenvalue weighted by molar-refractivity contribution is -0.134. The normalized spacial score (nSPS) is 20.7. The fraction of sp³-hybridized carbons (Fsp3) is 0.611. The number of carbonyl (C=O) groups is 1. The Morgan fingerprint density at radius 1 is 1.04 bits per heavy atom. The van der Waals surface area contributed by atoms with Gasteiger partial charge in [-0.15, -0.1) is 0 Å². The molecule has 2 aliphatic rings. The number of nitrogens with zero attached hydrogens (tertiary/aromatic N) is 3. The van der Waals surface area contributed by atoms with Crippen LogP contribution in [0.25, 0.3) is 0 Å². The number of hydrogen-bond acceptors (Lipinski definition) is 4. The molecule has 1 N–H and O–H groups in total. The molecule has 5 heteroatoms. The van der Waals surface area contributed by atoms with Gasteiger partial charge < -0.3 is 10.2 Å². The van der Waals surface area contributed by atoms with E-state index in [0.29, 0.717) is 12.5 Å². The Kier molecular flexibility index (Phi) is 5.65. The van der Waals surface area contributed by atoms with Crippen molar-refractivity contribution in [1.82, 2.24) is 20.0 Å². The largest absolute Gasteiger partial charge is 0.339 e. The maximum absolute atomic E-state index is 12.4. The molecule has 0 aromatic heterocycles. The van der Waals surface area contributed by atoms with Crippen molar-refractivity contribution in [1.29, 1.82) is 0 Å². The Labute approximate surface area is 139 Å². The third-order valence-corrected chi connectivity index (χ3v) is 4.78. The molecule has 0 bridgehead atoms. The van der Waals surface area contributed by atoms with E-state index in [1.54, 1.807) is 0 Å². The summed E-state index contributed by atoms with van der Waals surface area (Å²) in [7, 11) is 0. The summed E-state index contributed by atoms with van der Waals surface area (Å²) in [5.74, 6) is 0.294. The first kappa shape index (κ1) is 16.4. The van der Waals surface area contributed by atoms with Crippen molar-refractivity contribution in [2.75, 3.05) is 58.9 Å². The van der Waals surface area contributed by atoms with Gasteiger partial charge in [0.25, 0.3) is 0 Å². The lowest BCUT2D eigenvalue weighted by atomic mass is 10.1. The van der Waals surface area contributed by atoms with E-state index in [4.69, 9.17) is 0 Å². The second kappa shape index (κ2) is 7.90. The Balaban J connectivity index is 1.43. The van der Waals surface area contributed by atoms with Crippen LogP contribution in [0.4, 0.5) is 0 Å². The van der Waals surface area contributed by atoms with Gasteiger partial charge in [0.15, 0.2) is 0 Å². The Morgan fingerprint density at radius 3 is 2.48 bits per heavy atom. The lowest BCUT2D eigenvalue weighted by Gasteiger charge is -2.36. The van der Waals surface area contributed by atoms with Crippen molar-refractivity contribution >= 4 is 5.91 Å². The van der Waals surface area contributed by atoms with E-state index in [0.717, 1.165) is 58.9 Å². The molecule has 2 aliphatic heterocycles. The van der Waals surface area contributed by atoms with E-state index < -0.39 is 0 Å². The van der Waals surface area contributed by atoms with Crippen LogP contribution in [-0.4, -0.2) is 79.5 Å². The fourth-order valence-electron chi connectivity index (χ4n) is 3.38.